The number of rotatable bonds is 8. The first-order valence-corrected chi connectivity index (χ1v) is 8.48. The Morgan fingerprint density at radius 2 is 2.16 bits per heavy atom. The number of pyridine rings is 1. The lowest BCUT2D eigenvalue weighted by atomic mass is 10.0. The van der Waals surface area contributed by atoms with E-state index in [1.807, 2.05) is 19.1 Å². The first-order valence-electron chi connectivity index (χ1n) is 8.48. The summed E-state index contributed by atoms with van der Waals surface area (Å²) in [5.41, 5.74) is 1.76. The molecular weight excluding hydrogens is 324 g/mol. The molecule has 7 nitrogen and oxygen atoms in total. The van der Waals surface area contributed by atoms with E-state index < -0.39 is 11.8 Å². The molecular formula is C18H26N2O5. The number of unbranched alkanes of at least 4 members (excludes halogenated alkanes) is 1. The van der Waals surface area contributed by atoms with Gasteiger partial charge < -0.3 is 19.0 Å². The molecule has 0 N–H and O–H groups in total. The SMILES string of the molecule is COC(=O)C1(C)OCC(CCCCON=C(C)c2cccnc2)CO1. The molecule has 2 heterocycles. The van der Waals surface area contributed by atoms with Crippen molar-refractivity contribution in [3.8, 4) is 0 Å². The molecule has 0 atom stereocenters. The first-order chi connectivity index (χ1) is 12.0. The summed E-state index contributed by atoms with van der Waals surface area (Å²) in [4.78, 5) is 21.0. The summed E-state index contributed by atoms with van der Waals surface area (Å²) < 4.78 is 15.8. The summed E-state index contributed by atoms with van der Waals surface area (Å²) in [7, 11) is 1.32. The van der Waals surface area contributed by atoms with Crippen molar-refractivity contribution in [2.75, 3.05) is 26.9 Å². The van der Waals surface area contributed by atoms with E-state index in [0.717, 1.165) is 30.5 Å². The van der Waals surface area contributed by atoms with Crippen LogP contribution in [0.15, 0.2) is 29.7 Å². The van der Waals surface area contributed by atoms with Crippen LogP contribution in [0.3, 0.4) is 0 Å². The molecule has 2 rings (SSSR count). The maximum atomic E-state index is 11.6. The Morgan fingerprint density at radius 3 is 2.80 bits per heavy atom. The summed E-state index contributed by atoms with van der Waals surface area (Å²) in [6, 6.07) is 3.81. The van der Waals surface area contributed by atoms with Crippen LogP contribution in [0.25, 0.3) is 0 Å². The predicted molar refractivity (Wildman–Crippen MR) is 92.1 cm³/mol. The fourth-order valence-electron chi connectivity index (χ4n) is 2.49. The molecule has 25 heavy (non-hydrogen) atoms. The number of ether oxygens (including phenoxy) is 3. The van der Waals surface area contributed by atoms with Crippen LogP contribution in [0.1, 0.15) is 38.7 Å². The molecule has 0 aromatic carbocycles. The van der Waals surface area contributed by atoms with Crippen LogP contribution in [-0.4, -0.2) is 49.4 Å². The number of carbonyl (C=O) groups is 1. The second-order valence-electron chi connectivity index (χ2n) is 6.17. The molecule has 0 bridgehead atoms. The van der Waals surface area contributed by atoms with E-state index in [0.29, 0.717) is 19.8 Å². The van der Waals surface area contributed by atoms with Crippen molar-refractivity contribution in [1.29, 1.82) is 0 Å². The summed E-state index contributed by atoms with van der Waals surface area (Å²) in [6.45, 7) is 5.03. The minimum absolute atomic E-state index is 0.276. The number of carbonyl (C=O) groups excluding carboxylic acids is 1. The molecule has 0 amide bonds. The van der Waals surface area contributed by atoms with Gasteiger partial charge in [0, 0.05) is 30.8 Å². The monoisotopic (exact) mass is 350 g/mol. The van der Waals surface area contributed by atoms with Gasteiger partial charge in [0.2, 0.25) is 0 Å². The van der Waals surface area contributed by atoms with E-state index in [4.69, 9.17) is 14.3 Å². The van der Waals surface area contributed by atoms with Crippen LogP contribution < -0.4 is 0 Å². The molecule has 1 aliphatic rings. The van der Waals surface area contributed by atoms with E-state index in [1.54, 1.807) is 19.3 Å². The fourth-order valence-corrected chi connectivity index (χ4v) is 2.49. The number of methoxy groups -OCH3 is 1. The van der Waals surface area contributed by atoms with Gasteiger partial charge in [-0.1, -0.05) is 5.16 Å². The summed E-state index contributed by atoms with van der Waals surface area (Å²) in [5, 5.41) is 4.10. The smallest absolute Gasteiger partial charge is 0.366 e. The van der Waals surface area contributed by atoms with Crippen molar-refractivity contribution < 1.29 is 23.8 Å². The highest BCUT2D eigenvalue weighted by Gasteiger charge is 2.41. The van der Waals surface area contributed by atoms with Gasteiger partial charge in [-0.15, -0.1) is 0 Å². The van der Waals surface area contributed by atoms with Crippen molar-refractivity contribution in [2.24, 2.45) is 11.1 Å². The Morgan fingerprint density at radius 1 is 1.40 bits per heavy atom. The predicted octanol–water partition coefficient (Wildman–Crippen LogP) is 2.54. The average Bonchev–Trinajstić information content (AvgIpc) is 2.65. The molecule has 0 radical (unpaired) electrons. The Bertz CT molecular complexity index is 568. The van der Waals surface area contributed by atoms with Gasteiger partial charge in [-0.25, -0.2) is 4.79 Å². The molecule has 1 aromatic heterocycles. The summed E-state index contributed by atoms with van der Waals surface area (Å²) >= 11 is 0. The third-order valence-electron chi connectivity index (χ3n) is 4.12. The van der Waals surface area contributed by atoms with Crippen molar-refractivity contribution in [2.45, 2.75) is 38.9 Å². The van der Waals surface area contributed by atoms with Gasteiger partial charge in [0.15, 0.2) is 0 Å². The summed E-state index contributed by atoms with van der Waals surface area (Å²) in [6.07, 6.45) is 6.31. The van der Waals surface area contributed by atoms with Gasteiger partial charge in [0.05, 0.1) is 26.0 Å². The zero-order chi connectivity index (χ0) is 18.1. The number of nitrogens with zero attached hydrogens (tertiary/aromatic N) is 2. The maximum absolute atomic E-state index is 11.6. The van der Waals surface area contributed by atoms with Gasteiger partial charge in [-0.05, 0) is 38.3 Å². The third kappa shape index (κ3) is 5.79. The minimum Gasteiger partial charge on any atom is -0.465 e. The van der Waals surface area contributed by atoms with Crippen LogP contribution in [0.5, 0.6) is 0 Å². The first kappa shape index (κ1) is 19.3. The Labute approximate surface area is 148 Å². The number of aromatic nitrogens is 1. The second kappa shape index (κ2) is 9.48. The van der Waals surface area contributed by atoms with Crippen LogP contribution in [0.4, 0.5) is 0 Å². The topological polar surface area (TPSA) is 79.2 Å². The molecule has 0 aliphatic carbocycles. The molecule has 1 saturated heterocycles. The average molecular weight is 350 g/mol. The number of hydrogen-bond acceptors (Lipinski definition) is 7. The molecule has 7 heteroatoms. The van der Waals surface area contributed by atoms with Crippen molar-refractivity contribution >= 4 is 11.7 Å². The highest BCUT2D eigenvalue weighted by Crippen LogP contribution is 2.25. The fraction of sp³-hybridized carbons (Fsp3) is 0.611. The highest BCUT2D eigenvalue weighted by atomic mass is 16.7. The minimum atomic E-state index is -1.27. The van der Waals surface area contributed by atoms with Crippen molar-refractivity contribution in [1.82, 2.24) is 4.98 Å². The molecule has 0 unspecified atom stereocenters. The maximum Gasteiger partial charge on any atom is 0.366 e. The van der Waals surface area contributed by atoms with Crippen LogP contribution >= 0.6 is 0 Å². The quantitative estimate of drug-likeness (QED) is 0.310. The van der Waals surface area contributed by atoms with E-state index in [2.05, 4.69) is 14.9 Å². The number of esters is 1. The van der Waals surface area contributed by atoms with Gasteiger partial charge in [0.25, 0.3) is 5.79 Å². The Balaban J connectivity index is 1.59. The summed E-state index contributed by atoms with van der Waals surface area (Å²) in [5.74, 6) is -1.49. The zero-order valence-electron chi connectivity index (χ0n) is 15.1. The molecule has 0 spiro atoms. The lowest BCUT2D eigenvalue weighted by Gasteiger charge is -2.35. The van der Waals surface area contributed by atoms with E-state index in [-0.39, 0.29) is 5.92 Å². The lowest BCUT2D eigenvalue weighted by molar-refractivity contribution is -0.272. The number of hydrogen-bond donors (Lipinski definition) is 0. The Kier molecular flexibility index (Phi) is 7.33. The van der Waals surface area contributed by atoms with Gasteiger partial charge in [0.1, 0.15) is 6.61 Å². The number of oxime groups is 1. The molecule has 1 fully saturated rings. The van der Waals surface area contributed by atoms with Crippen LogP contribution in [0.2, 0.25) is 0 Å². The van der Waals surface area contributed by atoms with Gasteiger partial charge >= 0.3 is 5.97 Å². The van der Waals surface area contributed by atoms with Crippen molar-refractivity contribution in [3.63, 3.8) is 0 Å². The largest absolute Gasteiger partial charge is 0.465 e. The second-order valence-corrected chi connectivity index (χ2v) is 6.17. The molecule has 1 aromatic rings. The standard InChI is InChI=1S/C18H26N2O5/c1-14(16-8-6-9-19-11-16)20-25-10-5-4-7-15-12-23-18(2,24-13-15)17(21)22-3/h6,8-9,11,15H,4-5,7,10,12-13H2,1-3H3. The van der Waals surface area contributed by atoms with Gasteiger partial charge in [-0.3, -0.25) is 4.98 Å². The zero-order valence-corrected chi connectivity index (χ0v) is 15.1. The highest BCUT2D eigenvalue weighted by molar-refractivity contribution is 5.97. The molecule has 0 saturated carbocycles. The van der Waals surface area contributed by atoms with Crippen molar-refractivity contribution in [3.05, 3.63) is 30.1 Å². The molecule has 1 aliphatic heterocycles. The normalized spacial score (nSPS) is 24.0. The van der Waals surface area contributed by atoms with E-state index in [1.165, 1.54) is 7.11 Å². The van der Waals surface area contributed by atoms with Gasteiger partial charge in [-0.2, -0.15) is 0 Å². The van der Waals surface area contributed by atoms with E-state index >= 15 is 0 Å². The lowest BCUT2D eigenvalue weighted by Crippen LogP contribution is -2.48. The van der Waals surface area contributed by atoms with Crippen LogP contribution in [0, 0.1) is 5.92 Å². The van der Waals surface area contributed by atoms with Crippen LogP contribution in [-0.2, 0) is 23.8 Å². The Hall–Kier alpha value is -1.99. The molecule has 138 valence electrons. The third-order valence-corrected chi connectivity index (χ3v) is 4.12. The van der Waals surface area contributed by atoms with E-state index in [9.17, 15) is 4.79 Å².